The number of rotatable bonds is 9. The maximum atomic E-state index is 15.5. The molecule has 9 rings (SSSR count). The van der Waals surface area contributed by atoms with Gasteiger partial charge in [-0.05, 0) is 87.0 Å². The molecule has 312 valence electrons. The molecule has 1 aliphatic carbocycles. The van der Waals surface area contributed by atoms with Crippen LogP contribution in [0.4, 0.5) is 15.9 Å². The van der Waals surface area contributed by atoms with Crippen molar-refractivity contribution >= 4 is 52.6 Å². The van der Waals surface area contributed by atoms with Gasteiger partial charge in [0.15, 0.2) is 0 Å². The summed E-state index contributed by atoms with van der Waals surface area (Å²) in [5, 5.41) is 14.7. The third-order valence-corrected chi connectivity index (χ3v) is 13.4. The first-order chi connectivity index (χ1) is 29.0. The highest BCUT2D eigenvalue weighted by molar-refractivity contribution is 6.31. The minimum absolute atomic E-state index is 0.0101. The highest BCUT2D eigenvalue weighted by Gasteiger charge is 2.47. The zero-order chi connectivity index (χ0) is 41.7. The topological polar surface area (TPSA) is 181 Å². The number of amides is 5. The number of piperidine rings is 2. The van der Waals surface area contributed by atoms with Crippen LogP contribution in [0.3, 0.4) is 0 Å². The fraction of sp³-hybridized carbons (Fsp3) is 0.488. The van der Waals surface area contributed by atoms with Crippen molar-refractivity contribution < 1.29 is 33.1 Å². The van der Waals surface area contributed by atoms with E-state index < -0.39 is 35.5 Å². The van der Waals surface area contributed by atoms with Crippen LogP contribution >= 0.6 is 11.6 Å². The van der Waals surface area contributed by atoms with Gasteiger partial charge in [-0.2, -0.15) is 5.26 Å². The van der Waals surface area contributed by atoms with Gasteiger partial charge < -0.3 is 24.8 Å². The van der Waals surface area contributed by atoms with Crippen LogP contribution < -0.4 is 25.2 Å². The van der Waals surface area contributed by atoms with Gasteiger partial charge in [-0.3, -0.25) is 34.2 Å². The number of anilines is 2. The average Bonchev–Trinajstić information content (AvgIpc) is 3.88. The first-order valence-electron chi connectivity index (χ1n) is 20.8. The van der Waals surface area contributed by atoms with Gasteiger partial charge in [0.05, 0.1) is 45.9 Å². The molecule has 6 heterocycles. The Bertz CT molecular complexity index is 2260. The lowest BCUT2D eigenvalue weighted by molar-refractivity contribution is -0.136. The van der Waals surface area contributed by atoms with Crippen LogP contribution in [-0.2, 0) is 9.59 Å². The summed E-state index contributed by atoms with van der Waals surface area (Å²) < 4.78 is 21.6. The van der Waals surface area contributed by atoms with Crippen LogP contribution in [0, 0.1) is 34.9 Å². The number of nitrogens with one attached hydrogen (secondary N) is 2. The SMILES string of the molecule is N#Cc1ccc(O[C@H]2CC[C@H](NC(=O)c3cnc(N4CCC(CN5CC6CN(c7cc8c(cc7F)C(=O)N(C7CCC(=O)NC7=O)C8=O)CC6C5)CC4)cn3)CC2)cc1Cl. The molecule has 4 saturated heterocycles. The first-order valence-corrected chi connectivity index (χ1v) is 21.2. The first kappa shape index (κ1) is 39.8. The van der Waals surface area contributed by atoms with Crippen molar-refractivity contribution in [2.75, 3.05) is 55.6 Å². The van der Waals surface area contributed by atoms with Gasteiger partial charge in [-0.1, -0.05) is 11.6 Å². The number of ether oxygens (including phenoxy) is 1. The molecule has 3 unspecified atom stereocenters. The zero-order valence-corrected chi connectivity index (χ0v) is 33.7. The molecule has 5 aliphatic heterocycles. The minimum atomic E-state index is -1.10. The third-order valence-electron chi connectivity index (χ3n) is 13.1. The summed E-state index contributed by atoms with van der Waals surface area (Å²) in [5.41, 5.74) is 1.02. The molecule has 5 fully saturated rings. The molecule has 5 amide bonds. The molecule has 1 aromatic heterocycles. The number of likely N-dealkylation sites (tertiary alicyclic amines) is 1. The number of fused-ring (bicyclic) bond motifs is 2. The summed E-state index contributed by atoms with van der Waals surface area (Å²) in [4.78, 5) is 80.3. The monoisotopic (exact) mass is 837 g/mol. The second-order valence-corrected chi connectivity index (χ2v) is 17.4. The molecule has 15 nitrogen and oxygen atoms in total. The number of carbonyl (C=O) groups is 5. The molecule has 1 saturated carbocycles. The van der Waals surface area contributed by atoms with Gasteiger partial charge in [0, 0.05) is 64.3 Å². The van der Waals surface area contributed by atoms with E-state index in [4.69, 9.17) is 21.6 Å². The average molecular weight is 838 g/mol. The van der Waals surface area contributed by atoms with Crippen molar-refractivity contribution in [3.05, 3.63) is 75.9 Å². The van der Waals surface area contributed by atoms with E-state index >= 15 is 4.39 Å². The van der Waals surface area contributed by atoms with E-state index in [2.05, 4.69) is 30.4 Å². The van der Waals surface area contributed by atoms with Crippen LogP contribution in [0.25, 0.3) is 0 Å². The number of benzene rings is 2. The summed E-state index contributed by atoms with van der Waals surface area (Å²) in [5.74, 6) is -0.681. The molecular formula is C43H45ClFN9O6. The predicted octanol–water partition coefficient (Wildman–Crippen LogP) is 3.95. The lowest BCUT2D eigenvalue weighted by Crippen LogP contribution is -2.54. The van der Waals surface area contributed by atoms with Crippen LogP contribution in [-0.4, -0.2) is 113 Å². The number of nitrogens with zero attached hydrogens (tertiary/aromatic N) is 7. The zero-order valence-electron chi connectivity index (χ0n) is 32.9. The normalized spacial score (nSPS) is 25.9. The van der Waals surface area contributed by atoms with Crippen LogP contribution in [0.15, 0.2) is 42.7 Å². The van der Waals surface area contributed by atoms with Crippen molar-refractivity contribution in [1.29, 1.82) is 5.26 Å². The number of halogens is 2. The molecule has 0 radical (unpaired) electrons. The molecule has 3 aromatic rings. The van der Waals surface area contributed by atoms with Crippen LogP contribution in [0.1, 0.15) is 88.1 Å². The van der Waals surface area contributed by atoms with Crippen molar-refractivity contribution in [1.82, 2.24) is 30.4 Å². The van der Waals surface area contributed by atoms with Gasteiger partial charge in [0.1, 0.15) is 35.2 Å². The number of nitriles is 1. The van der Waals surface area contributed by atoms with E-state index in [0.717, 1.165) is 88.0 Å². The third kappa shape index (κ3) is 7.88. The lowest BCUT2D eigenvalue weighted by atomic mass is 9.93. The Morgan fingerprint density at radius 3 is 2.27 bits per heavy atom. The van der Waals surface area contributed by atoms with Crippen molar-refractivity contribution in [2.24, 2.45) is 17.8 Å². The minimum Gasteiger partial charge on any atom is -0.490 e. The Morgan fingerprint density at radius 1 is 0.900 bits per heavy atom. The standard InChI is InChI=1S/C43H45ClFN9O6/c44-33-13-30(4-1-25(33)16-46)60-29-5-2-28(3-6-29)49-40(56)35-17-48-38(18-47-35)52-11-9-24(10-12-52)19-51-20-26-22-53(23-27(26)21-51)37-15-32-31(14-34(37)45)42(58)54(43(32)59)36-7-8-39(55)50-41(36)57/h1,4,13-15,17-18,24,26-29,36H,2-3,5-12,19-23H2,(H,49,56)(H,50,55,57)/t26?,27?,28-,29-,36?. The Balaban J connectivity index is 0.708. The van der Waals surface area contributed by atoms with Gasteiger partial charge in [-0.15, -0.1) is 0 Å². The number of imide groups is 2. The van der Waals surface area contributed by atoms with E-state index in [1.807, 2.05) is 11.0 Å². The summed E-state index contributed by atoms with van der Waals surface area (Å²) in [6, 6.07) is 8.61. The smallest absolute Gasteiger partial charge is 0.271 e. The summed E-state index contributed by atoms with van der Waals surface area (Å²) >= 11 is 6.15. The summed E-state index contributed by atoms with van der Waals surface area (Å²) in [7, 11) is 0. The van der Waals surface area contributed by atoms with Crippen LogP contribution in [0.5, 0.6) is 5.75 Å². The predicted molar refractivity (Wildman–Crippen MR) is 216 cm³/mol. The number of hydrogen-bond donors (Lipinski definition) is 2. The van der Waals surface area contributed by atoms with Crippen molar-refractivity contribution in [3.63, 3.8) is 0 Å². The molecular weight excluding hydrogens is 793 g/mol. The molecule has 17 heteroatoms. The van der Waals surface area contributed by atoms with Crippen LogP contribution in [0.2, 0.25) is 5.02 Å². The van der Waals surface area contributed by atoms with E-state index in [1.54, 1.807) is 30.6 Å². The largest absolute Gasteiger partial charge is 0.490 e. The van der Waals surface area contributed by atoms with Gasteiger partial charge >= 0.3 is 0 Å². The maximum Gasteiger partial charge on any atom is 0.271 e. The van der Waals surface area contributed by atoms with E-state index in [0.29, 0.717) is 52.9 Å². The molecule has 0 spiro atoms. The van der Waals surface area contributed by atoms with Gasteiger partial charge in [0.25, 0.3) is 17.7 Å². The lowest BCUT2D eigenvalue weighted by Gasteiger charge is -2.34. The van der Waals surface area contributed by atoms with E-state index in [-0.39, 0.29) is 47.7 Å². The Labute approximate surface area is 351 Å². The van der Waals surface area contributed by atoms with Crippen molar-refractivity contribution in [3.8, 4) is 11.8 Å². The van der Waals surface area contributed by atoms with Gasteiger partial charge in [-0.25, -0.2) is 14.4 Å². The highest BCUT2D eigenvalue weighted by Crippen LogP contribution is 2.39. The summed E-state index contributed by atoms with van der Waals surface area (Å²) in [6.45, 7) is 5.80. The number of hydrogen-bond acceptors (Lipinski definition) is 12. The number of aromatic nitrogens is 2. The maximum absolute atomic E-state index is 15.5. The van der Waals surface area contributed by atoms with E-state index in [9.17, 15) is 24.0 Å². The summed E-state index contributed by atoms with van der Waals surface area (Å²) in [6.07, 6.45) is 8.44. The second-order valence-electron chi connectivity index (χ2n) is 16.9. The molecule has 0 bridgehead atoms. The van der Waals surface area contributed by atoms with Crippen molar-refractivity contribution in [2.45, 2.75) is 69.6 Å². The van der Waals surface area contributed by atoms with Gasteiger partial charge in [0.2, 0.25) is 11.8 Å². The molecule has 6 aliphatic rings. The molecule has 60 heavy (non-hydrogen) atoms. The Morgan fingerprint density at radius 2 is 1.62 bits per heavy atom. The number of carbonyl (C=O) groups excluding carboxylic acids is 5. The fourth-order valence-corrected chi connectivity index (χ4v) is 10.1. The fourth-order valence-electron chi connectivity index (χ4n) is 9.91. The Kier molecular flexibility index (Phi) is 10.9. The quantitative estimate of drug-likeness (QED) is 0.297. The highest BCUT2D eigenvalue weighted by atomic mass is 35.5. The molecule has 2 N–H and O–H groups in total. The molecule has 3 atom stereocenters. The van der Waals surface area contributed by atoms with E-state index in [1.165, 1.54) is 6.07 Å². The molecule has 2 aromatic carbocycles. The second kappa shape index (κ2) is 16.4. The Hall–Kier alpha value is -5.66.